The van der Waals surface area contributed by atoms with Gasteiger partial charge in [-0.25, -0.2) is 0 Å². The second-order valence-corrected chi connectivity index (χ2v) is 7.88. The third-order valence-electron chi connectivity index (χ3n) is 5.25. The van der Waals surface area contributed by atoms with Crippen LogP contribution in [0.4, 0.5) is 0 Å². The highest BCUT2D eigenvalue weighted by Crippen LogP contribution is 2.25. The SMILES string of the molecule is C[C@@H]1CN([C@H](C)CNC(=O)COC(c2ccccc2)c2ccccc2)C[C@@H](C)O1. The third kappa shape index (κ3) is 6.39. The first-order chi connectivity index (χ1) is 14.0. The van der Waals surface area contributed by atoms with Crippen LogP contribution in [0.5, 0.6) is 0 Å². The second-order valence-electron chi connectivity index (χ2n) is 7.88. The van der Waals surface area contributed by atoms with Crippen LogP contribution in [0.1, 0.15) is 38.0 Å². The lowest BCUT2D eigenvalue weighted by molar-refractivity contribution is -0.127. The third-order valence-corrected chi connectivity index (χ3v) is 5.25. The van der Waals surface area contributed by atoms with Crippen molar-refractivity contribution in [1.29, 1.82) is 0 Å². The average Bonchev–Trinajstić information content (AvgIpc) is 2.73. The van der Waals surface area contributed by atoms with Crippen LogP contribution in [0.2, 0.25) is 0 Å². The van der Waals surface area contributed by atoms with E-state index in [1.165, 1.54) is 0 Å². The van der Waals surface area contributed by atoms with Crippen LogP contribution in [0.15, 0.2) is 60.7 Å². The molecule has 1 saturated heterocycles. The molecule has 1 amide bonds. The van der Waals surface area contributed by atoms with Crippen molar-refractivity contribution < 1.29 is 14.3 Å². The van der Waals surface area contributed by atoms with Crippen LogP contribution < -0.4 is 5.32 Å². The van der Waals surface area contributed by atoms with E-state index in [2.05, 4.69) is 31.0 Å². The van der Waals surface area contributed by atoms with Gasteiger partial charge in [0.15, 0.2) is 0 Å². The van der Waals surface area contributed by atoms with Crippen molar-refractivity contribution >= 4 is 5.91 Å². The normalized spacial score (nSPS) is 21.1. The van der Waals surface area contributed by atoms with Crippen molar-refractivity contribution in [2.24, 2.45) is 0 Å². The highest BCUT2D eigenvalue weighted by atomic mass is 16.5. The Balaban J connectivity index is 1.52. The first-order valence-electron chi connectivity index (χ1n) is 10.4. The fourth-order valence-electron chi connectivity index (χ4n) is 3.82. The molecule has 3 atom stereocenters. The monoisotopic (exact) mass is 396 g/mol. The van der Waals surface area contributed by atoms with Crippen LogP contribution in [0.3, 0.4) is 0 Å². The number of ether oxygens (including phenoxy) is 2. The number of nitrogens with one attached hydrogen (secondary N) is 1. The minimum Gasteiger partial charge on any atom is -0.373 e. The maximum absolute atomic E-state index is 12.4. The molecule has 1 fully saturated rings. The number of benzene rings is 2. The minimum absolute atomic E-state index is 0.0249. The highest BCUT2D eigenvalue weighted by Gasteiger charge is 2.26. The highest BCUT2D eigenvalue weighted by molar-refractivity contribution is 5.77. The zero-order chi connectivity index (χ0) is 20.6. The topological polar surface area (TPSA) is 50.8 Å². The summed E-state index contributed by atoms with van der Waals surface area (Å²) in [5.74, 6) is -0.0944. The Morgan fingerprint density at radius 2 is 1.55 bits per heavy atom. The Morgan fingerprint density at radius 1 is 1.03 bits per heavy atom. The molecule has 2 aromatic rings. The molecule has 0 aliphatic carbocycles. The van der Waals surface area contributed by atoms with Crippen molar-refractivity contribution in [2.75, 3.05) is 26.2 Å². The molecule has 0 unspecified atom stereocenters. The molecule has 3 rings (SSSR count). The van der Waals surface area contributed by atoms with Gasteiger partial charge in [-0.15, -0.1) is 0 Å². The predicted octanol–water partition coefficient (Wildman–Crippen LogP) is 3.41. The van der Waals surface area contributed by atoms with Gasteiger partial charge in [0.25, 0.3) is 0 Å². The fourth-order valence-corrected chi connectivity index (χ4v) is 3.82. The minimum atomic E-state index is -0.262. The van der Waals surface area contributed by atoms with Gasteiger partial charge in [-0.05, 0) is 31.9 Å². The first kappa shape index (κ1) is 21.5. The molecule has 0 bridgehead atoms. The Bertz CT molecular complexity index is 704. The number of carbonyl (C=O) groups excluding carboxylic acids is 1. The van der Waals surface area contributed by atoms with E-state index in [4.69, 9.17) is 9.47 Å². The molecular weight excluding hydrogens is 364 g/mol. The molecule has 1 aliphatic rings. The van der Waals surface area contributed by atoms with E-state index < -0.39 is 0 Å². The van der Waals surface area contributed by atoms with Crippen LogP contribution in [-0.2, 0) is 14.3 Å². The number of morpholine rings is 1. The summed E-state index contributed by atoms with van der Waals surface area (Å²) in [5, 5.41) is 3.02. The summed E-state index contributed by atoms with van der Waals surface area (Å²) in [7, 11) is 0. The van der Waals surface area contributed by atoms with Gasteiger partial charge in [0, 0.05) is 25.7 Å². The van der Waals surface area contributed by atoms with Gasteiger partial charge in [0.1, 0.15) is 12.7 Å². The molecule has 1 N–H and O–H groups in total. The second kappa shape index (κ2) is 10.5. The zero-order valence-corrected chi connectivity index (χ0v) is 17.6. The molecular formula is C24H32N2O3. The van der Waals surface area contributed by atoms with E-state index in [0.29, 0.717) is 6.54 Å². The van der Waals surface area contributed by atoms with Gasteiger partial charge in [-0.1, -0.05) is 60.7 Å². The maximum Gasteiger partial charge on any atom is 0.246 e. The van der Waals surface area contributed by atoms with Gasteiger partial charge >= 0.3 is 0 Å². The van der Waals surface area contributed by atoms with Crippen molar-refractivity contribution in [2.45, 2.75) is 45.1 Å². The fraction of sp³-hybridized carbons (Fsp3) is 0.458. The van der Waals surface area contributed by atoms with E-state index in [1.54, 1.807) is 0 Å². The van der Waals surface area contributed by atoms with Gasteiger partial charge in [-0.3, -0.25) is 9.69 Å². The van der Waals surface area contributed by atoms with Crippen LogP contribution in [-0.4, -0.2) is 55.3 Å². The van der Waals surface area contributed by atoms with Gasteiger partial charge in [0.2, 0.25) is 5.91 Å². The number of hydrogen-bond donors (Lipinski definition) is 1. The molecule has 0 spiro atoms. The van der Waals surface area contributed by atoms with Crippen molar-refractivity contribution in [3.05, 3.63) is 71.8 Å². The molecule has 5 heteroatoms. The number of hydrogen-bond acceptors (Lipinski definition) is 4. The smallest absolute Gasteiger partial charge is 0.246 e. The first-order valence-corrected chi connectivity index (χ1v) is 10.4. The molecule has 156 valence electrons. The van der Waals surface area contributed by atoms with E-state index in [0.717, 1.165) is 24.2 Å². The van der Waals surface area contributed by atoms with Crippen molar-refractivity contribution in [3.63, 3.8) is 0 Å². The Labute approximate surface area is 174 Å². The van der Waals surface area contributed by atoms with Gasteiger partial charge < -0.3 is 14.8 Å². The molecule has 0 saturated carbocycles. The summed E-state index contributed by atoms with van der Waals surface area (Å²) in [4.78, 5) is 14.8. The van der Waals surface area contributed by atoms with E-state index >= 15 is 0 Å². The maximum atomic E-state index is 12.4. The summed E-state index contributed by atoms with van der Waals surface area (Å²) in [6.07, 6.45) is 0.178. The lowest BCUT2D eigenvalue weighted by Gasteiger charge is -2.39. The van der Waals surface area contributed by atoms with Crippen LogP contribution in [0, 0.1) is 0 Å². The molecule has 2 aromatic carbocycles. The molecule has 0 radical (unpaired) electrons. The Morgan fingerprint density at radius 3 is 2.07 bits per heavy atom. The number of nitrogens with zero attached hydrogens (tertiary/aromatic N) is 1. The van der Waals surface area contributed by atoms with E-state index in [9.17, 15) is 4.79 Å². The standard InChI is InChI=1S/C24H32N2O3/c1-18(26-15-19(2)29-20(3)16-26)14-25-23(27)17-28-24(21-10-6-4-7-11-21)22-12-8-5-9-13-22/h4-13,18-20,24H,14-17H2,1-3H3,(H,25,27)/t18-,19-,20-/m1/s1. The van der Waals surface area contributed by atoms with Crippen molar-refractivity contribution in [3.8, 4) is 0 Å². The van der Waals surface area contributed by atoms with E-state index in [1.807, 2.05) is 60.7 Å². The molecule has 1 aliphatic heterocycles. The average molecular weight is 397 g/mol. The number of carbonyl (C=O) groups is 1. The quantitative estimate of drug-likeness (QED) is 0.743. The predicted molar refractivity (Wildman–Crippen MR) is 115 cm³/mol. The van der Waals surface area contributed by atoms with Gasteiger partial charge in [-0.2, -0.15) is 0 Å². The van der Waals surface area contributed by atoms with Crippen LogP contribution >= 0.6 is 0 Å². The molecule has 29 heavy (non-hydrogen) atoms. The molecule has 0 aromatic heterocycles. The Hall–Kier alpha value is -2.21. The largest absolute Gasteiger partial charge is 0.373 e. The summed E-state index contributed by atoms with van der Waals surface area (Å²) in [5.41, 5.74) is 2.08. The number of amides is 1. The van der Waals surface area contributed by atoms with Gasteiger partial charge in [0.05, 0.1) is 12.2 Å². The molecule has 5 nitrogen and oxygen atoms in total. The van der Waals surface area contributed by atoms with Crippen LogP contribution in [0.25, 0.3) is 0 Å². The summed E-state index contributed by atoms with van der Waals surface area (Å²) < 4.78 is 11.8. The molecule has 1 heterocycles. The summed E-state index contributed by atoms with van der Waals surface area (Å²) >= 11 is 0. The zero-order valence-electron chi connectivity index (χ0n) is 17.6. The summed E-state index contributed by atoms with van der Waals surface area (Å²) in [6.45, 7) is 8.73. The Kier molecular flexibility index (Phi) is 7.81. The lowest BCUT2D eigenvalue weighted by atomic mass is 10.0. The lowest BCUT2D eigenvalue weighted by Crippen LogP contribution is -2.52. The summed E-state index contributed by atoms with van der Waals surface area (Å²) in [6, 6.07) is 20.3. The van der Waals surface area contributed by atoms with E-state index in [-0.39, 0.29) is 36.9 Å². The number of rotatable bonds is 8. The van der Waals surface area contributed by atoms with Crippen molar-refractivity contribution in [1.82, 2.24) is 10.2 Å².